The molecule has 1 aliphatic heterocycles. The highest BCUT2D eigenvalue weighted by atomic mass is 16.5. The lowest BCUT2D eigenvalue weighted by atomic mass is 10.0. The summed E-state index contributed by atoms with van der Waals surface area (Å²) in [5.41, 5.74) is 3.56. The number of aromatic nitrogens is 1. The molecule has 2 aromatic heterocycles. The summed E-state index contributed by atoms with van der Waals surface area (Å²) in [7, 11) is 0. The van der Waals surface area contributed by atoms with Gasteiger partial charge in [-0.05, 0) is 44.5 Å². The maximum absolute atomic E-state index is 13.2. The highest BCUT2D eigenvalue weighted by molar-refractivity contribution is 6.02. The van der Waals surface area contributed by atoms with Crippen molar-refractivity contribution < 1.29 is 13.9 Å². The van der Waals surface area contributed by atoms with E-state index in [1.54, 1.807) is 18.7 Å². The van der Waals surface area contributed by atoms with E-state index in [1.807, 2.05) is 56.3 Å². The quantitative estimate of drug-likeness (QED) is 0.466. The molecule has 0 bridgehead atoms. The van der Waals surface area contributed by atoms with E-state index in [2.05, 4.69) is 21.7 Å². The Balaban J connectivity index is 1.63. The number of pyridine rings is 1. The largest absolute Gasteiger partial charge is 0.472 e. The summed E-state index contributed by atoms with van der Waals surface area (Å²) < 4.78 is 10.9. The topological polar surface area (TPSA) is 58.8 Å². The maximum Gasteiger partial charge on any atom is 0.342 e. The molecular weight excluding hydrogens is 402 g/mol. The van der Waals surface area contributed by atoms with E-state index in [-0.39, 0.29) is 12.1 Å². The minimum atomic E-state index is -0.323. The Hall–Kier alpha value is -3.12. The van der Waals surface area contributed by atoms with Crippen molar-refractivity contribution in [3.8, 4) is 11.1 Å². The fourth-order valence-electron chi connectivity index (χ4n) is 4.37. The van der Waals surface area contributed by atoms with Gasteiger partial charge in [0.15, 0.2) is 0 Å². The second kappa shape index (κ2) is 10.0. The summed E-state index contributed by atoms with van der Waals surface area (Å²) in [5.74, 6) is 0.384. The van der Waals surface area contributed by atoms with Gasteiger partial charge in [-0.2, -0.15) is 0 Å². The number of likely N-dealkylation sites (N-methyl/N-ethyl adjacent to an activating group) is 1. The summed E-state index contributed by atoms with van der Waals surface area (Å²) in [4.78, 5) is 22.5. The molecule has 4 rings (SSSR count). The van der Waals surface area contributed by atoms with Crippen LogP contribution in [0.1, 0.15) is 43.1 Å². The summed E-state index contributed by atoms with van der Waals surface area (Å²) >= 11 is 0. The van der Waals surface area contributed by atoms with Crippen molar-refractivity contribution in [1.29, 1.82) is 0 Å². The lowest BCUT2D eigenvalue weighted by Gasteiger charge is -2.28. The number of furan rings is 1. The van der Waals surface area contributed by atoms with Crippen LogP contribution in [0.4, 0.5) is 5.82 Å². The van der Waals surface area contributed by atoms with Crippen molar-refractivity contribution in [3.63, 3.8) is 0 Å². The molecule has 0 amide bonds. The van der Waals surface area contributed by atoms with Crippen LogP contribution in [0, 0.1) is 0 Å². The highest BCUT2D eigenvalue weighted by Crippen LogP contribution is 2.33. The molecular formula is C26H31N3O3. The van der Waals surface area contributed by atoms with Crippen molar-refractivity contribution in [2.24, 2.45) is 0 Å². The minimum absolute atomic E-state index is 0.198. The van der Waals surface area contributed by atoms with Gasteiger partial charge in [-0.3, -0.25) is 4.90 Å². The number of hydrogen-bond acceptors (Lipinski definition) is 6. The van der Waals surface area contributed by atoms with Gasteiger partial charge in [-0.25, -0.2) is 9.78 Å². The van der Waals surface area contributed by atoms with Crippen LogP contribution < -0.4 is 4.90 Å². The van der Waals surface area contributed by atoms with Gasteiger partial charge in [-0.1, -0.05) is 37.3 Å². The van der Waals surface area contributed by atoms with Crippen LogP contribution in [0.15, 0.2) is 65.6 Å². The third kappa shape index (κ3) is 4.86. The molecule has 1 saturated heterocycles. The lowest BCUT2D eigenvalue weighted by Crippen LogP contribution is -2.37. The Labute approximate surface area is 189 Å². The smallest absolute Gasteiger partial charge is 0.342 e. The Morgan fingerprint density at radius 2 is 2.06 bits per heavy atom. The van der Waals surface area contributed by atoms with Crippen molar-refractivity contribution in [1.82, 2.24) is 9.88 Å². The molecule has 6 heteroatoms. The number of carbonyl (C=O) groups is 1. The second-order valence-corrected chi connectivity index (χ2v) is 8.46. The normalized spacial score (nSPS) is 16.2. The van der Waals surface area contributed by atoms with Gasteiger partial charge in [0.2, 0.25) is 0 Å². The van der Waals surface area contributed by atoms with Gasteiger partial charge in [-0.15, -0.1) is 0 Å². The fraction of sp³-hybridized carbons (Fsp3) is 0.385. The third-order valence-electron chi connectivity index (χ3n) is 5.91. The molecule has 6 nitrogen and oxygen atoms in total. The Kier molecular flexibility index (Phi) is 6.90. The predicted molar refractivity (Wildman–Crippen MR) is 126 cm³/mol. The summed E-state index contributed by atoms with van der Waals surface area (Å²) in [5, 5.41) is 0. The fourth-order valence-corrected chi connectivity index (χ4v) is 4.37. The third-order valence-corrected chi connectivity index (χ3v) is 5.91. The molecule has 0 saturated carbocycles. The van der Waals surface area contributed by atoms with Crippen LogP contribution in [0.5, 0.6) is 0 Å². The number of nitrogens with zero attached hydrogens (tertiary/aromatic N) is 3. The van der Waals surface area contributed by atoms with Gasteiger partial charge in [0.1, 0.15) is 11.4 Å². The van der Waals surface area contributed by atoms with E-state index in [0.717, 1.165) is 43.7 Å². The number of rotatable bonds is 8. The lowest BCUT2D eigenvalue weighted by molar-refractivity contribution is 0.0379. The minimum Gasteiger partial charge on any atom is -0.472 e. The molecule has 3 heterocycles. The summed E-state index contributed by atoms with van der Waals surface area (Å²) in [6.45, 7) is 9.39. The number of carbonyl (C=O) groups excluding carboxylic acids is 1. The zero-order valence-electron chi connectivity index (χ0n) is 19.0. The zero-order valence-corrected chi connectivity index (χ0v) is 19.0. The van der Waals surface area contributed by atoms with E-state index in [0.29, 0.717) is 17.4 Å². The standard InChI is InChI=1S/C26H31N3O3/c1-4-28(16-20-12-15-31-18-20)22-11-14-29(17-22)25-24(26(30)32-19(2)3)23(10-13-27-25)21-8-6-5-7-9-21/h5-10,12-13,15,18-19,22H,4,11,14,16-17H2,1-3H3/t22-/m1/s1. The highest BCUT2D eigenvalue weighted by Gasteiger charge is 2.32. The van der Waals surface area contributed by atoms with Gasteiger partial charge < -0.3 is 14.1 Å². The van der Waals surface area contributed by atoms with Crippen molar-refractivity contribution in [3.05, 3.63) is 72.3 Å². The molecule has 0 spiro atoms. The van der Waals surface area contributed by atoms with Crippen molar-refractivity contribution >= 4 is 11.8 Å². The average molecular weight is 434 g/mol. The molecule has 1 atom stereocenters. The number of esters is 1. The number of ether oxygens (including phenoxy) is 1. The molecule has 0 radical (unpaired) electrons. The van der Waals surface area contributed by atoms with Crippen LogP contribution in [0.2, 0.25) is 0 Å². The van der Waals surface area contributed by atoms with Crippen LogP contribution in [0.25, 0.3) is 11.1 Å². The molecule has 1 aliphatic rings. The molecule has 168 valence electrons. The second-order valence-electron chi connectivity index (χ2n) is 8.46. The first-order chi connectivity index (χ1) is 15.6. The predicted octanol–water partition coefficient (Wildman–Crippen LogP) is 5.01. The van der Waals surface area contributed by atoms with Crippen molar-refractivity contribution in [2.45, 2.75) is 45.9 Å². The van der Waals surface area contributed by atoms with E-state index in [4.69, 9.17) is 9.15 Å². The molecule has 0 aliphatic carbocycles. The number of anilines is 1. The van der Waals surface area contributed by atoms with Crippen LogP contribution >= 0.6 is 0 Å². The number of benzene rings is 1. The Morgan fingerprint density at radius 1 is 1.25 bits per heavy atom. The summed E-state index contributed by atoms with van der Waals surface area (Å²) in [6.07, 6.45) is 6.13. The Bertz CT molecular complexity index is 1020. The molecule has 0 N–H and O–H groups in total. The average Bonchev–Trinajstić information content (AvgIpc) is 3.49. The van der Waals surface area contributed by atoms with Crippen LogP contribution in [-0.4, -0.2) is 47.6 Å². The van der Waals surface area contributed by atoms with Gasteiger partial charge in [0.25, 0.3) is 0 Å². The van der Waals surface area contributed by atoms with Gasteiger partial charge in [0.05, 0.1) is 18.6 Å². The van der Waals surface area contributed by atoms with E-state index in [9.17, 15) is 4.79 Å². The van der Waals surface area contributed by atoms with E-state index < -0.39 is 0 Å². The Morgan fingerprint density at radius 3 is 2.75 bits per heavy atom. The first-order valence-electron chi connectivity index (χ1n) is 11.3. The van der Waals surface area contributed by atoms with E-state index in [1.165, 1.54) is 5.56 Å². The summed E-state index contributed by atoms with van der Waals surface area (Å²) in [6, 6.07) is 14.3. The first kappa shape index (κ1) is 22.1. The molecule has 0 unspecified atom stereocenters. The van der Waals surface area contributed by atoms with Gasteiger partial charge >= 0.3 is 5.97 Å². The SMILES string of the molecule is CCN(Cc1ccoc1)[C@@H]1CCN(c2nccc(-c3ccccc3)c2C(=O)OC(C)C)C1. The first-order valence-corrected chi connectivity index (χ1v) is 11.3. The van der Waals surface area contributed by atoms with E-state index >= 15 is 0 Å². The molecule has 3 aromatic rings. The molecule has 32 heavy (non-hydrogen) atoms. The monoisotopic (exact) mass is 433 g/mol. The van der Waals surface area contributed by atoms with Crippen LogP contribution in [0.3, 0.4) is 0 Å². The molecule has 1 fully saturated rings. The van der Waals surface area contributed by atoms with Crippen molar-refractivity contribution in [2.75, 3.05) is 24.5 Å². The maximum atomic E-state index is 13.2. The van der Waals surface area contributed by atoms with Gasteiger partial charge in [0, 0.05) is 43.0 Å². The van der Waals surface area contributed by atoms with Crippen LogP contribution in [-0.2, 0) is 11.3 Å². The number of hydrogen-bond donors (Lipinski definition) is 0. The molecule has 1 aromatic carbocycles. The zero-order chi connectivity index (χ0) is 22.5.